The Hall–Kier alpha value is -1.07. The van der Waals surface area contributed by atoms with Gasteiger partial charge in [0.2, 0.25) is 0 Å². The molecule has 0 aliphatic carbocycles. The summed E-state index contributed by atoms with van der Waals surface area (Å²) in [5.74, 6) is 1.42. The summed E-state index contributed by atoms with van der Waals surface area (Å²) in [5.41, 5.74) is 1.27. The monoisotopic (exact) mass is 308 g/mol. The van der Waals surface area contributed by atoms with Crippen LogP contribution < -0.4 is 5.32 Å². The van der Waals surface area contributed by atoms with Crippen LogP contribution in [-0.2, 0) is 11.3 Å². The molecule has 2 amide bonds. The average molecular weight is 308 g/mol. The summed E-state index contributed by atoms with van der Waals surface area (Å²) in [6.07, 6.45) is 3.47. The number of hydrogen-bond acceptors (Lipinski definition) is 3. The van der Waals surface area contributed by atoms with E-state index in [1.807, 2.05) is 4.90 Å². The van der Waals surface area contributed by atoms with Gasteiger partial charge in [-0.1, -0.05) is 0 Å². The Morgan fingerprint density at radius 3 is 2.90 bits per heavy atom. The van der Waals surface area contributed by atoms with E-state index in [1.54, 1.807) is 11.3 Å². The van der Waals surface area contributed by atoms with E-state index < -0.39 is 0 Å². The van der Waals surface area contributed by atoms with Crippen LogP contribution >= 0.6 is 11.3 Å². The summed E-state index contributed by atoms with van der Waals surface area (Å²) in [5, 5.41) is 5.17. The third-order valence-electron chi connectivity index (χ3n) is 4.64. The second-order valence-electron chi connectivity index (χ2n) is 6.19. The average Bonchev–Trinajstić information content (AvgIpc) is 3.15. The number of rotatable bonds is 3. The fourth-order valence-electron chi connectivity index (χ4n) is 3.40. The van der Waals surface area contributed by atoms with Crippen molar-refractivity contribution in [3.63, 3.8) is 0 Å². The van der Waals surface area contributed by atoms with Crippen LogP contribution in [0.25, 0.3) is 0 Å². The van der Waals surface area contributed by atoms with Crippen LogP contribution in [0, 0.1) is 18.8 Å². The minimum absolute atomic E-state index is 0.0932. The van der Waals surface area contributed by atoms with Gasteiger partial charge in [0.1, 0.15) is 0 Å². The fraction of sp³-hybridized carbons (Fsp3) is 0.688. The van der Waals surface area contributed by atoms with E-state index in [9.17, 15) is 4.79 Å². The van der Waals surface area contributed by atoms with E-state index in [0.717, 1.165) is 51.5 Å². The highest BCUT2D eigenvalue weighted by atomic mass is 32.1. The lowest BCUT2D eigenvalue weighted by Crippen LogP contribution is -2.38. The lowest BCUT2D eigenvalue weighted by atomic mass is 9.85. The van der Waals surface area contributed by atoms with E-state index >= 15 is 0 Å². The molecule has 3 rings (SSSR count). The summed E-state index contributed by atoms with van der Waals surface area (Å²) >= 11 is 1.71. The van der Waals surface area contributed by atoms with Crippen molar-refractivity contribution in [2.24, 2.45) is 11.8 Å². The van der Waals surface area contributed by atoms with E-state index in [0.29, 0.717) is 12.5 Å². The summed E-state index contributed by atoms with van der Waals surface area (Å²) in [4.78, 5) is 15.5. The van der Waals surface area contributed by atoms with Crippen molar-refractivity contribution in [2.75, 3.05) is 26.3 Å². The second kappa shape index (κ2) is 6.79. The lowest BCUT2D eigenvalue weighted by Gasteiger charge is -2.27. The van der Waals surface area contributed by atoms with Gasteiger partial charge in [-0.25, -0.2) is 4.79 Å². The van der Waals surface area contributed by atoms with Gasteiger partial charge < -0.3 is 15.0 Å². The molecule has 1 unspecified atom stereocenters. The first-order chi connectivity index (χ1) is 10.2. The van der Waals surface area contributed by atoms with Crippen molar-refractivity contribution in [2.45, 2.75) is 32.7 Å². The van der Waals surface area contributed by atoms with E-state index in [4.69, 9.17) is 4.74 Å². The number of nitrogens with zero attached hydrogens (tertiary/aromatic N) is 1. The first-order valence-corrected chi connectivity index (χ1v) is 8.75. The normalized spacial score (nSPS) is 23.5. The van der Waals surface area contributed by atoms with Crippen molar-refractivity contribution >= 4 is 17.4 Å². The molecule has 0 spiro atoms. The maximum Gasteiger partial charge on any atom is 0.317 e. The molecule has 2 aliphatic rings. The predicted octanol–water partition coefficient (Wildman–Crippen LogP) is 3.01. The highest BCUT2D eigenvalue weighted by Crippen LogP contribution is 2.31. The number of nitrogens with one attached hydrogen (secondary N) is 1. The molecule has 21 heavy (non-hydrogen) atoms. The van der Waals surface area contributed by atoms with Crippen LogP contribution in [-0.4, -0.2) is 37.2 Å². The molecule has 1 atom stereocenters. The smallest absolute Gasteiger partial charge is 0.317 e. The number of hydrogen-bond donors (Lipinski definition) is 1. The molecule has 0 saturated carbocycles. The number of likely N-dealkylation sites (tertiary alicyclic amines) is 1. The molecule has 5 heteroatoms. The highest BCUT2D eigenvalue weighted by Gasteiger charge is 2.32. The van der Waals surface area contributed by atoms with Gasteiger partial charge in [0.05, 0.1) is 6.54 Å². The zero-order chi connectivity index (χ0) is 14.7. The molecule has 2 saturated heterocycles. The molecule has 0 aromatic carbocycles. The van der Waals surface area contributed by atoms with E-state index in [-0.39, 0.29) is 6.03 Å². The topological polar surface area (TPSA) is 41.6 Å². The number of amides is 2. The Bertz CT molecular complexity index is 482. The Kier molecular flexibility index (Phi) is 4.80. The van der Waals surface area contributed by atoms with Gasteiger partial charge in [0.25, 0.3) is 0 Å². The largest absolute Gasteiger partial charge is 0.381 e. The first kappa shape index (κ1) is 14.9. The number of urea groups is 1. The Labute approximate surface area is 130 Å². The molecule has 2 fully saturated rings. The molecule has 1 aromatic heterocycles. The lowest BCUT2D eigenvalue weighted by molar-refractivity contribution is 0.0484. The minimum Gasteiger partial charge on any atom is -0.381 e. The molecule has 1 aromatic rings. The van der Waals surface area contributed by atoms with Crippen molar-refractivity contribution in [3.05, 3.63) is 21.9 Å². The molecule has 2 aliphatic heterocycles. The summed E-state index contributed by atoms with van der Waals surface area (Å²) < 4.78 is 5.43. The van der Waals surface area contributed by atoms with Crippen molar-refractivity contribution < 1.29 is 9.53 Å². The molecule has 116 valence electrons. The summed E-state index contributed by atoms with van der Waals surface area (Å²) in [6.45, 7) is 6.34. The van der Waals surface area contributed by atoms with Gasteiger partial charge in [-0.2, -0.15) is 0 Å². The first-order valence-electron chi connectivity index (χ1n) is 7.87. The molecule has 0 bridgehead atoms. The number of thiophene rings is 1. The van der Waals surface area contributed by atoms with E-state index in [2.05, 4.69) is 23.7 Å². The molecular weight excluding hydrogens is 284 g/mol. The van der Waals surface area contributed by atoms with Gasteiger partial charge >= 0.3 is 6.03 Å². The Balaban J connectivity index is 1.45. The van der Waals surface area contributed by atoms with Crippen LogP contribution in [0.2, 0.25) is 0 Å². The number of ether oxygens (including phenoxy) is 1. The van der Waals surface area contributed by atoms with Gasteiger partial charge in [-0.3, -0.25) is 0 Å². The molecule has 0 radical (unpaired) electrons. The number of carbonyl (C=O) groups excluding carboxylic acids is 1. The Morgan fingerprint density at radius 1 is 1.38 bits per heavy atom. The standard InChI is InChI=1S/C16H24N2O2S/c1-12-8-15(21-11-12)9-17-16(19)18-5-2-14(10-18)13-3-6-20-7-4-13/h8,11,13-14H,2-7,9-10H2,1H3,(H,17,19). The van der Waals surface area contributed by atoms with Crippen LogP contribution in [0.5, 0.6) is 0 Å². The van der Waals surface area contributed by atoms with Gasteiger partial charge in [-0.05, 0) is 55.0 Å². The second-order valence-corrected chi connectivity index (χ2v) is 7.19. The van der Waals surface area contributed by atoms with Crippen molar-refractivity contribution in [1.29, 1.82) is 0 Å². The SMILES string of the molecule is Cc1csc(CNC(=O)N2CCC(C3CCOCC3)C2)c1. The van der Waals surface area contributed by atoms with Gasteiger partial charge in [0, 0.05) is 31.2 Å². The summed E-state index contributed by atoms with van der Waals surface area (Å²) in [7, 11) is 0. The Morgan fingerprint density at radius 2 is 2.19 bits per heavy atom. The van der Waals surface area contributed by atoms with Crippen LogP contribution in [0.3, 0.4) is 0 Å². The third kappa shape index (κ3) is 3.77. The quantitative estimate of drug-likeness (QED) is 0.932. The number of aryl methyl sites for hydroxylation is 1. The highest BCUT2D eigenvalue weighted by molar-refractivity contribution is 7.10. The van der Waals surface area contributed by atoms with E-state index in [1.165, 1.54) is 10.4 Å². The van der Waals surface area contributed by atoms with Crippen molar-refractivity contribution in [3.8, 4) is 0 Å². The molecule has 1 N–H and O–H groups in total. The minimum atomic E-state index is 0.0932. The maximum atomic E-state index is 12.2. The van der Waals surface area contributed by atoms with Gasteiger partial charge in [0.15, 0.2) is 0 Å². The van der Waals surface area contributed by atoms with Crippen LogP contribution in [0.15, 0.2) is 11.4 Å². The predicted molar refractivity (Wildman–Crippen MR) is 84.5 cm³/mol. The zero-order valence-corrected chi connectivity index (χ0v) is 13.5. The molecule has 4 nitrogen and oxygen atoms in total. The van der Waals surface area contributed by atoms with Gasteiger partial charge in [-0.15, -0.1) is 11.3 Å². The van der Waals surface area contributed by atoms with Crippen LogP contribution in [0.4, 0.5) is 4.79 Å². The molecular formula is C16H24N2O2S. The maximum absolute atomic E-state index is 12.2. The molecule has 3 heterocycles. The van der Waals surface area contributed by atoms with Crippen molar-refractivity contribution in [1.82, 2.24) is 10.2 Å². The fourth-order valence-corrected chi connectivity index (χ4v) is 4.22. The zero-order valence-electron chi connectivity index (χ0n) is 12.6. The number of carbonyl (C=O) groups is 1. The third-order valence-corrected chi connectivity index (χ3v) is 5.70. The summed E-state index contributed by atoms with van der Waals surface area (Å²) in [6, 6.07) is 2.23. The van der Waals surface area contributed by atoms with Crippen LogP contribution in [0.1, 0.15) is 29.7 Å².